The van der Waals surface area contributed by atoms with E-state index in [1.807, 2.05) is 0 Å². The van der Waals surface area contributed by atoms with Crippen LogP contribution < -0.4 is 5.73 Å². The molecule has 0 aliphatic carbocycles. The van der Waals surface area contributed by atoms with Gasteiger partial charge in [-0.3, -0.25) is 4.79 Å². The van der Waals surface area contributed by atoms with Gasteiger partial charge in [-0.15, -0.1) is 0 Å². The molecule has 1 heterocycles. The highest BCUT2D eigenvalue weighted by Crippen LogP contribution is 2.23. The van der Waals surface area contributed by atoms with Gasteiger partial charge in [0.05, 0.1) is 11.3 Å². The molecule has 1 aromatic rings. The number of hydrogen-bond donors (Lipinski definition) is 1. The summed E-state index contributed by atoms with van der Waals surface area (Å²) in [5.74, 6) is 0. The van der Waals surface area contributed by atoms with Crippen LogP contribution in [0.5, 0.6) is 0 Å². The third-order valence-electron chi connectivity index (χ3n) is 1.82. The Hall–Kier alpha value is -1.87. The summed E-state index contributed by atoms with van der Waals surface area (Å²) in [5, 5.41) is 8.64. The number of carbonyl (C=O) groups is 1. The number of carbonyl (C=O) groups excluding carboxylic acids is 1. The fourth-order valence-corrected chi connectivity index (χ4v) is 1.10. The van der Waals surface area contributed by atoms with Crippen molar-refractivity contribution in [1.82, 2.24) is 4.98 Å². The SMILES string of the molecule is N#Cc1cc(C(F)F)c(C=O)nc1CN. The Morgan fingerprint density at radius 1 is 1.67 bits per heavy atom. The maximum atomic E-state index is 12.4. The molecule has 0 amide bonds. The number of nitrogens with zero attached hydrogens (tertiary/aromatic N) is 2. The van der Waals surface area contributed by atoms with Crippen molar-refractivity contribution in [1.29, 1.82) is 5.26 Å². The second-order valence-electron chi connectivity index (χ2n) is 2.69. The van der Waals surface area contributed by atoms with Crippen LogP contribution in [0.25, 0.3) is 0 Å². The Labute approximate surface area is 84.3 Å². The summed E-state index contributed by atoms with van der Waals surface area (Å²) in [7, 11) is 0. The summed E-state index contributed by atoms with van der Waals surface area (Å²) in [5.41, 5.74) is 4.46. The maximum absolute atomic E-state index is 12.4. The second-order valence-corrected chi connectivity index (χ2v) is 2.69. The van der Waals surface area contributed by atoms with Crippen molar-refractivity contribution in [2.75, 3.05) is 0 Å². The van der Waals surface area contributed by atoms with Gasteiger partial charge < -0.3 is 5.73 Å². The first-order valence-electron chi connectivity index (χ1n) is 4.01. The molecule has 0 bridgehead atoms. The van der Waals surface area contributed by atoms with E-state index in [0.717, 1.165) is 6.07 Å². The van der Waals surface area contributed by atoms with Crippen LogP contribution in [0.3, 0.4) is 0 Å². The number of halogens is 2. The van der Waals surface area contributed by atoms with Crippen LogP contribution in [0, 0.1) is 11.3 Å². The summed E-state index contributed by atoms with van der Waals surface area (Å²) in [4.78, 5) is 14.1. The van der Waals surface area contributed by atoms with Crippen LogP contribution in [0.4, 0.5) is 8.78 Å². The molecule has 0 radical (unpaired) electrons. The van der Waals surface area contributed by atoms with Crippen molar-refractivity contribution in [3.63, 3.8) is 0 Å². The molecule has 78 valence electrons. The molecule has 1 rings (SSSR count). The molecule has 0 atom stereocenters. The topological polar surface area (TPSA) is 79.8 Å². The molecule has 0 aliphatic rings. The molecule has 4 nitrogen and oxygen atoms in total. The fraction of sp³-hybridized carbons (Fsp3) is 0.222. The molecule has 6 heteroatoms. The first kappa shape index (κ1) is 11.2. The van der Waals surface area contributed by atoms with E-state index in [1.54, 1.807) is 6.07 Å². The number of nitrogens with two attached hydrogens (primary N) is 1. The first-order chi connectivity index (χ1) is 7.13. The number of aromatic nitrogens is 1. The lowest BCUT2D eigenvalue weighted by Crippen LogP contribution is -2.08. The smallest absolute Gasteiger partial charge is 0.266 e. The van der Waals surface area contributed by atoms with Gasteiger partial charge in [0.25, 0.3) is 6.43 Å². The molecule has 0 aliphatic heterocycles. The minimum absolute atomic E-state index is 0.0293. The number of nitriles is 1. The third kappa shape index (κ3) is 2.14. The molecule has 2 N–H and O–H groups in total. The number of hydrogen-bond acceptors (Lipinski definition) is 4. The lowest BCUT2D eigenvalue weighted by molar-refractivity contribution is 0.110. The zero-order valence-corrected chi connectivity index (χ0v) is 7.58. The molecular weight excluding hydrogens is 204 g/mol. The zero-order chi connectivity index (χ0) is 11.4. The van der Waals surface area contributed by atoms with Gasteiger partial charge in [0, 0.05) is 12.1 Å². The summed E-state index contributed by atoms with van der Waals surface area (Å²) < 4.78 is 24.9. The molecule has 0 saturated heterocycles. The number of alkyl halides is 2. The fourth-order valence-electron chi connectivity index (χ4n) is 1.10. The Morgan fingerprint density at radius 3 is 2.73 bits per heavy atom. The normalized spacial score (nSPS) is 10.1. The summed E-state index contributed by atoms with van der Waals surface area (Å²) >= 11 is 0. The average molecular weight is 211 g/mol. The highest BCUT2D eigenvalue weighted by molar-refractivity contribution is 5.75. The van der Waals surface area contributed by atoms with Gasteiger partial charge in [-0.25, -0.2) is 13.8 Å². The molecule has 1 aromatic heterocycles. The van der Waals surface area contributed by atoms with Crippen molar-refractivity contribution in [3.05, 3.63) is 28.6 Å². The average Bonchev–Trinajstić information content (AvgIpc) is 2.26. The second kappa shape index (κ2) is 4.57. The molecule has 0 spiro atoms. The predicted molar refractivity (Wildman–Crippen MR) is 47.2 cm³/mol. The van der Waals surface area contributed by atoms with E-state index in [-0.39, 0.29) is 29.8 Å². The van der Waals surface area contributed by atoms with Crippen molar-refractivity contribution in [2.24, 2.45) is 5.73 Å². The molecule has 0 saturated carbocycles. The molecule has 0 aromatic carbocycles. The van der Waals surface area contributed by atoms with Crippen LogP contribution >= 0.6 is 0 Å². The Kier molecular flexibility index (Phi) is 3.42. The molecule has 0 unspecified atom stereocenters. The lowest BCUT2D eigenvalue weighted by atomic mass is 10.1. The quantitative estimate of drug-likeness (QED) is 0.761. The summed E-state index contributed by atoms with van der Waals surface area (Å²) in [6.45, 7) is -0.0761. The highest BCUT2D eigenvalue weighted by Gasteiger charge is 2.17. The van der Waals surface area contributed by atoms with Gasteiger partial charge in [0.15, 0.2) is 6.29 Å². The van der Waals surface area contributed by atoms with Gasteiger partial charge in [0.1, 0.15) is 11.8 Å². The van der Waals surface area contributed by atoms with Gasteiger partial charge in [0.2, 0.25) is 0 Å². The number of pyridine rings is 1. The van der Waals surface area contributed by atoms with E-state index >= 15 is 0 Å². The van der Waals surface area contributed by atoms with Gasteiger partial charge in [-0.2, -0.15) is 5.26 Å². The van der Waals surface area contributed by atoms with Crippen LogP contribution in [-0.2, 0) is 6.54 Å². The van der Waals surface area contributed by atoms with Gasteiger partial charge in [-0.05, 0) is 6.07 Å². The highest BCUT2D eigenvalue weighted by atomic mass is 19.3. The molecule has 15 heavy (non-hydrogen) atoms. The zero-order valence-electron chi connectivity index (χ0n) is 7.58. The first-order valence-corrected chi connectivity index (χ1v) is 4.01. The Bertz CT molecular complexity index is 426. The van der Waals surface area contributed by atoms with E-state index in [1.165, 1.54) is 0 Å². The summed E-state index contributed by atoms with van der Waals surface area (Å²) in [6.07, 6.45) is -2.61. The van der Waals surface area contributed by atoms with Crippen LogP contribution in [0.1, 0.15) is 33.7 Å². The van der Waals surface area contributed by atoms with Gasteiger partial charge >= 0.3 is 0 Å². The van der Waals surface area contributed by atoms with Crippen molar-refractivity contribution in [3.8, 4) is 6.07 Å². The van der Waals surface area contributed by atoms with Crippen molar-refractivity contribution < 1.29 is 13.6 Å². The molecule has 0 fully saturated rings. The van der Waals surface area contributed by atoms with Crippen molar-refractivity contribution in [2.45, 2.75) is 13.0 Å². The van der Waals surface area contributed by atoms with E-state index in [0.29, 0.717) is 0 Å². The lowest BCUT2D eigenvalue weighted by Gasteiger charge is -2.06. The van der Waals surface area contributed by atoms with E-state index in [9.17, 15) is 13.6 Å². The third-order valence-corrected chi connectivity index (χ3v) is 1.82. The maximum Gasteiger partial charge on any atom is 0.266 e. The minimum atomic E-state index is -2.84. The number of rotatable bonds is 3. The van der Waals surface area contributed by atoms with Crippen LogP contribution in [0.15, 0.2) is 6.07 Å². The number of aldehydes is 1. The summed E-state index contributed by atoms with van der Waals surface area (Å²) in [6, 6.07) is 2.65. The Balaban J connectivity index is 3.42. The largest absolute Gasteiger partial charge is 0.325 e. The van der Waals surface area contributed by atoms with E-state index in [2.05, 4.69) is 4.98 Å². The monoisotopic (exact) mass is 211 g/mol. The van der Waals surface area contributed by atoms with Crippen LogP contribution in [0.2, 0.25) is 0 Å². The standard InChI is InChI=1S/C9H7F2N3O/c10-9(11)6-1-5(2-12)7(3-13)14-8(6)4-15/h1,4,9H,3,13H2. The van der Waals surface area contributed by atoms with E-state index in [4.69, 9.17) is 11.0 Å². The minimum Gasteiger partial charge on any atom is -0.325 e. The van der Waals surface area contributed by atoms with Crippen LogP contribution in [-0.4, -0.2) is 11.3 Å². The predicted octanol–water partition coefficient (Wildman–Crippen LogP) is 1.16. The van der Waals surface area contributed by atoms with Gasteiger partial charge in [-0.1, -0.05) is 0 Å². The van der Waals surface area contributed by atoms with E-state index < -0.39 is 12.0 Å². The van der Waals surface area contributed by atoms with Crippen molar-refractivity contribution >= 4 is 6.29 Å². The molecular formula is C9H7F2N3O. The Morgan fingerprint density at radius 2 is 2.33 bits per heavy atom.